The Morgan fingerprint density at radius 1 is 0.933 bits per heavy atom. The number of hydrogen-bond donors (Lipinski definition) is 0. The van der Waals surface area contributed by atoms with Gasteiger partial charge in [-0.25, -0.2) is 8.78 Å². The van der Waals surface area contributed by atoms with E-state index in [4.69, 9.17) is 27.6 Å². The van der Waals surface area contributed by atoms with Crippen LogP contribution >= 0.6 is 23.2 Å². The van der Waals surface area contributed by atoms with Gasteiger partial charge in [0.2, 0.25) is 5.91 Å². The highest BCUT2D eigenvalue weighted by Gasteiger charge is 2.42. The van der Waals surface area contributed by atoms with Crippen LogP contribution in [-0.2, 0) is 15.6 Å². The molecule has 10 heteroatoms. The molecule has 45 heavy (non-hydrogen) atoms. The number of benzene rings is 2. The molecule has 246 valence electrons. The maximum atomic E-state index is 13.5. The van der Waals surface area contributed by atoms with E-state index in [-0.39, 0.29) is 60.8 Å². The first-order chi connectivity index (χ1) is 21.0. The number of hydrogen-bond acceptors (Lipinski definition) is 3. The molecule has 2 aromatic rings. The molecular weight excluding hydrogens is 633 g/mol. The van der Waals surface area contributed by atoms with E-state index in [9.17, 15) is 18.4 Å². The average Bonchev–Trinajstić information content (AvgIpc) is 3.33. The maximum Gasteiger partial charge on any atom is 0.253 e. The standard InChI is InChI=1S/C35H46Cl2F2N2O3Si/c1-34(2,3)45(4,5)44-28-12-10-27(11-13-28)41-17-14-25(33(41)43)20-29-30(36)21-26(22-31(29)37)23-6-8-24(9-7-23)32(42)40-18-15-35(38,39)16-19-40/h6-9,21-22,25,27-28H,10-20H2,1-5H3/t25-,27?,28?/m0/s1. The first-order valence-corrected chi connectivity index (χ1v) is 19.9. The molecule has 2 aromatic carbocycles. The number of likely N-dealkylation sites (tertiary alicyclic amines) is 2. The monoisotopic (exact) mass is 678 g/mol. The predicted molar refractivity (Wildman–Crippen MR) is 180 cm³/mol. The molecule has 0 bridgehead atoms. The van der Waals surface area contributed by atoms with Crippen LogP contribution in [0.15, 0.2) is 36.4 Å². The summed E-state index contributed by atoms with van der Waals surface area (Å²) in [5, 5.41) is 1.22. The highest BCUT2D eigenvalue weighted by Crippen LogP contribution is 2.41. The van der Waals surface area contributed by atoms with Crippen LogP contribution in [0.5, 0.6) is 0 Å². The van der Waals surface area contributed by atoms with Gasteiger partial charge in [0.25, 0.3) is 11.8 Å². The maximum absolute atomic E-state index is 13.5. The Kier molecular flexibility index (Phi) is 10.1. The van der Waals surface area contributed by atoms with Crippen molar-refractivity contribution in [3.63, 3.8) is 0 Å². The SMILES string of the molecule is CC(C)(C)[Si](C)(C)OC1CCC(N2CC[C@@H](Cc3c(Cl)cc(-c4ccc(C(=O)N5CCC(F)(F)CC5)cc4)cc3Cl)C2=O)CC1. The molecule has 5 nitrogen and oxygen atoms in total. The first-order valence-electron chi connectivity index (χ1n) is 16.3. The highest BCUT2D eigenvalue weighted by molar-refractivity contribution is 6.74. The van der Waals surface area contributed by atoms with E-state index >= 15 is 0 Å². The van der Waals surface area contributed by atoms with Crippen LogP contribution in [0.2, 0.25) is 28.2 Å². The second kappa shape index (κ2) is 13.2. The minimum absolute atomic E-state index is 0.0506. The molecule has 1 aliphatic carbocycles. The van der Waals surface area contributed by atoms with E-state index in [1.807, 2.05) is 24.3 Å². The number of carbonyl (C=O) groups is 2. The summed E-state index contributed by atoms with van der Waals surface area (Å²) < 4.78 is 33.7. The normalized spacial score (nSPS) is 24.3. The van der Waals surface area contributed by atoms with Crippen LogP contribution in [0, 0.1) is 5.92 Å². The minimum Gasteiger partial charge on any atom is -0.414 e. The van der Waals surface area contributed by atoms with Crippen molar-refractivity contribution < 1.29 is 22.8 Å². The van der Waals surface area contributed by atoms with Crippen molar-refractivity contribution in [2.75, 3.05) is 19.6 Å². The number of amides is 2. The van der Waals surface area contributed by atoms with Gasteiger partial charge in [0.15, 0.2) is 8.32 Å². The second-order valence-electron chi connectivity index (χ2n) is 14.7. The average molecular weight is 680 g/mol. The number of halogens is 4. The van der Waals surface area contributed by atoms with Crippen molar-refractivity contribution in [3.05, 3.63) is 57.6 Å². The van der Waals surface area contributed by atoms with Gasteiger partial charge < -0.3 is 14.2 Å². The molecule has 3 fully saturated rings. The van der Waals surface area contributed by atoms with Crippen molar-refractivity contribution >= 4 is 43.3 Å². The van der Waals surface area contributed by atoms with Crippen LogP contribution in [0.25, 0.3) is 11.1 Å². The van der Waals surface area contributed by atoms with Gasteiger partial charge in [-0.2, -0.15) is 0 Å². The molecule has 5 rings (SSSR count). The Labute approximate surface area is 277 Å². The van der Waals surface area contributed by atoms with Crippen molar-refractivity contribution in [2.45, 2.75) is 108 Å². The zero-order valence-electron chi connectivity index (χ0n) is 27.1. The third kappa shape index (κ3) is 7.77. The number of alkyl halides is 2. The highest BCUT2D eigenvalue weighted by atomic mass is 35.5. The van der Waals surface area contributed by atoms with Gasteiger partial charge in [-0.3, -0.25) is 9.59 Å². The Hall–Kier alpha value is -2.00. The van der Waals surface area contributed by atoms with E-state index in [2.05, 4.69) is 38.8 Å². The Morgan fingerprint density at radius 3 is 2.07 bits per heavy atom. The molecule has 2 aliphatic heterocycles. The second-order valence-corrected chi connectivity index (χ2v) is 20.2. The van der Waals surface area contributed by atoms with Gasteiger partial charge in [0, 0.05) is 66.1 Å². The van der Waals surface area contributed by atoms with Crippen molar-refractivity contribution in [1.29, 1.82) is 0 Å². The van der Waals surface area contributed by atoms with Crippen molar-refractivity contribution in [2.24, 2.45) is 5.92 Å². The van der Waals surface area contributed by atoms with Gasteiger partial charge in [0.05, 0.1) is 0 Å². The van der Waals surface area contributed by atoms with Crippen molar-refractivity contribution in [1.82, 2.24) is 9.80 Å². The summed E-state index contributed by atoms with van der Waals surface area (Å²) >= 11 is 13.5. The fourth-order valence-electron chi connectivity index (χ4n) is 6.62. The Balaban J connectivity index is 1.17. The number of piperidine rings is 1. The molecule has 0 radical (unpaired) electrons. The topological polar surface area (TPSA) is 49.9 Å². The zero-order valence-corrected chi connectivity index (χ0v) is 29.6. The van der Waals surface area contributed by atoms with E-state index in [1.165, 1.54) is 4.90 Å². The quantitative estimate of drug-likeness (QED) is 0.274. The summed E-state index contributed by atoms with van der Waals surface area (Å²) in [5.74, 6) is -2.90. The molecule has 0 aromatic heterocycles. The molecule has 0 N–H and O–H groups in total. The lowest BCUT2D eigenvalue weighted by molar-refractivity contribution is -0.133. The van der Waals surface area contributed by atoms with E-state index in [0.29, 0.717) is 22.0 Å². The molecule has 3 aliphatic rings. The van der Waals surface area contributed by atoms with E-state index in [1.54, 1.807) is 12.1 Å². The summed E-state index contributed by atoms with van der Waals surface area (Å²) in [6.45, 7) is 12.3. The number of carbonyl (C=O) groups excluding carboxylic acids is 2. The predicted octanol–water partition coefficient (Wildman–Crippen LogP) is 9.26. The van der Waals surface area contributed by atoms with Crippen LogP contribution < -0.4 is 0 Å². The smallest absolute Gasteiger partial charge is 0.253 e. The lowest BCUT2D eigenvalue weighted by Gasteiger charge is -2.42. The third-order valence-electron chi connectivity index (χ3n) is 10.5. The van der Waals surface area contributed by atoms with Gasteiger partial charge in [-0.1, -0.05) is 56.1 Å². The van der Waals surface area contributed by atoms with Crippen LogP contribution in [0.3, 0.4) is 0 Å². The fourth-order valence-corrected chi connectivity index (χ4v) is 8.68. The number of rotatable bonds is 7. The van der Waals surface area contributed by atoms with Gasteiger partial charge >= 0.3 is 0 Å². The molecule has 0 spiro atoms. The summed E-state index contributed by atoms with van der Waals surface area (Å²) in [6.07, 6.45) is 4.91. The molecule has 2 saturated heterocycles. The summed E-state index contributed by atoms with van der Waals surface area (Å²) in [4.78, 5) is 29.9. The van der Waals surface area contributed by atoms with E-state index < -0.39 is 14.2 Å². The van der Waals surface area contributed by atoms with E-state index in [0.717, 1.165) is 55.3 Å². The molecule has 2 heterocycles. The molecule has 2 amide bonds. The minimum atomic E-state index is -2.70. The Bertz CT molecular complexity index is 1370. The molecule has 1 atom stereocenters. The summed E-state index contributed by atoms with van der Waals surface area (Å²) in [6, 6.07) is 11.0. The van der Waals surface area contributed by atoms with Gasteiger partial charge in [0.1, 0.15) is 0 Å². The third-order valence-corrected chi connectivity index (χ3v) is 15.8. The van der Waals surface area contributed by atoms with Gasteiger partial charge in [-0.05, 0) is 97.6 Å². The van der Waals surface area contributed by atoms with Crippen LogP contribution in [-0.4, -0.2) is 67.6 Å². The summed E-state index contributed by atoms with van der Waals surface area (Å²) in [7, 11) is -1.81. The molecule has 0 unspecified atom stereocenters. The lowest BCUT2D eigenvalue weighted by Crippen LogP contribution is -2.47. The fraction of sp³-hybridized carbons (Fsp3) is 0.600. The van der Waals surface area contributed by atoms with Crippen molar-refractivity contribution in [3.8, 4) is 11.1 Å². The van der Waals surface area contributed by atoms with Crippen LogP contribution in [0.4, 0.5) is 8.78 Å². The molecular formula is C35H46Cl2F2N2O3Si. The molecule has 1 saturated carbocycles. The largest absolute Gasteiger partial charge is 0.414 e. The summed E-state index contributed by atoms with van der Waals surface area (Å²) in [5.41, 5.74) is 2.88. The van der Waals surface area contributed by atoms with Gasteiger partial charge in [-0.15, -0.1) is 0 Å². The zero-order chi connectivity index (χ0) is 32.7. The van der Waals surface area contributed by atoms with Crippen LogP contribution in [0.1, 0.15) is 81.6 Å². The number of nitrogens with zero attached hydrogens (tertiary/aromatic N) is 2. The Morgan fingerprint density at radius 2 is 1.51 bits per heavy atom. The first kappa shape index (κ1) is 34.3. The lowest BCUT2D eigenvalue weighted by atomic mass is 9.92.